The zero-order valence-corrected chi connectivity index (χ0v) is 11.6. The van der Waals surface area contributed by atoms with Gasteiger partial charge in [-0.25, -0.2) is 0 Å². The van der Waals surface area contributed by atoms with Gasteiger partial charge in [-0.1, -0.05) is 35.5 Å². The van der Waals surface area contributed by atoms with Gasteiger partial charge in [0.05, 0.1) is 0 Å². The first-order chi connectivity index (χ1) is 8.93. The molecule has 1 aromatic rings. The number of hydrogen-bond acceptors (Lipinski definition) is 3. The van der Waals surface area contributed by atoms with Crippen LogP contribution in [0.5, 0.6) is 0 Å². The number of rotatable bonds is 5. The Balaban J connectivity index is 2.89. The van der Waals surface area contributed by atoms with E-state index in [0.29, 0.717) is 13.1 Å². The number of nitrogens with zero attached hydrogens (tertiary/aromatic N) is 2. The fourth-order valence-electron chi connectivity index (χ4n) is 1.76. The van der Waals surface area contributed by atoms with Crippen LogP contribution in [0.4, 0.5) is 0 Å². The van der Waals surface area contributed by atoms with E-state index in [1.807, 2.05) is 37.3 Å². The van der Waals surface area contributed by atoms with Gasteiger partial charge in [0.25, 0.3) is 0 Å². The summed E-state index contributed by atoms with van der Waals surface area (Å²) in [5.41, 5.74) is 5.62. The van der Waals surface area contributed by atoms with Gasteiger partial charge < -0.3 is 15.8 Å². The van der Waals surface area contributed by atoms with E-state index in [0.717, 1.165) is 5.56 Å². The van der Waals surface area contributed by atoms with Crippen molar-refractivity contribution in [2.24, 2.45) is 16.3 Å². The summed E-state index contributed by atoms with van der Waals surface area (Å²) in [6, 6.07) is 9.73. The van der Waals surface area contributed by atoms with Crippen LogP contribution in [0.25, 0.3) is 0 Å². The van der Waals surface area contributed by atoms with Crippen molar-refractivity contribution in [3.8, 4) is 0 Å². The molecule has 0 saturated carbocycles. The van der Waals surface area contributed by atoms with Crippen molar-refractivity contribution in [2.75, 3.05) is 6.54 Å². The Labute approximate surface area is 113 Å². The third kappa shape index (κ3) is 3.47. The largest absolute Gasteiger partial charge is 0.409 e. The molecule has 1 rings (SSSR count). The lowest BCUT2D eigenvalue weighted by molar-refractivity contribution is -0.137. The highest BCUT2D eigenvalue weighted by Crippen LogP contribution is 2.20. The summed E-state index contributed by atoms with van der Waals surface area (Å²) >= 11 is 0. The van der Waals surface area contributed by atoms with Crippen LogP contribution in [0.15, 0.2) is 35.5 Å². The minimum atomic E-state index is -1.01. The second-order valence-electron chi connectivity index (χ2n) is 4.92. The lowest BCUT2D eigenvalue weighted by Crippen LogP contribution is -2.47. The predicted octanol–water partition coefficient (Wildman–Crippen LogP) is 1.81. The van der Waals surface area contributed by atoms with Gasteiger partial charge in [-0.15, -0.1) is 0 Å². The molecule has 0 unspecified atom stereocenters. The number of amidine groups is 1. The van der Waals surface area contributed by atoms with Crippen LogP contribution in [-0.4, -0.2) is 28.4 Å². The van der Waals surface area contributed by atoms with E-state index in [1.54, 1.807) is 18.7 Å². The minimum absolute atomic E-state index is 0.0796. The Morgan fingerprint density at radius 3 is 2.42 bits per heavy atom. The minimum Gasteiger partial charge on any atom is -0.409 e. The van der Waals surface area contributed by atoms with Crippen molar-refractivity contribution in [2.45, 2.75) is 27.3 Å². The molecule has 0 heterocycles. The summed E-state index contributed by atoms with van der Waals surface area (Å²) in [6.45, 7) is 6.29. The first-order valence-corrected chi connectivity index (χ1v) is 6.24. The molecule has 1 aromatic carbocycles. The predicted molar refractivity (Wildman–Crippen MR) is 74.7 cm³/mol. The van der Waals surface area contributed by atoms with Gasteiger partial charge in [-0.3, -0.25) is 4.79 Å². The van der Waals surface area contributed by atoms with E-state index >= 15 is 0 Å². The quantitative estimate of drug-likeness (QED) is 0.368. The molecule has 0 radical (unpaired) electrons. The fraction of sp³-hybridized carbons (Fsp3) is 0.429. The van der Waals surface area contributed by atoms with Crippen molar-refractivity contribution >= 4 is 11.7 Å². The summed E-state index contributed by atoms with van der Waals surface area (Å²) in [5.74, 6) is -0.238. The Bertz CT molecular complexity index is 455. The lowest BCUT2D eigenvalue weighted by Gasteiger charge is -2.30. The average molecular weight is 263 g/mol. The number of benzene rings is 1. The molecule has 0 aliphatic carbocycles. The van der Waals surface area contributed by atoms with Crippen molar-refractivity contribution in [1.82, 2.24) is 4.90 Å². The molecule has 0 aromatic heterocycles. The van der Waals surface area contributed by atoms with Crippen molar-refractivity contribution in [1.29, 1.82) is 0 Å². The van der Waals surface area contributed by atoms with Gasteiger partial charge in [0.1, 0.15) is 5.41 Å². The summed E-state index contributed by atoms with van der Waals surface area (Å²) in [4.78, 5) is 14.1. The van der Waals surface area contributed by atoms with Crippen LogP contribution < -0.4 is 5.73 Å². The highest BCUT2D eigenvalue weighted by molar-refractivity contribution is 6.05. The third-order valence-corrected chi connectivity index (χ3v) is 3.17. The van der Waals surface area contributed by atoms with Crippen molar-refractivity contribution < 1.29 is 10.0 Å². The zero-order chi connectivity index (χ0) is 14.5. The number of nitrogens with two attached hydrogens (primary N) is 1. The fourth-order valence-corrected chi connectivity index (χ4v) is 1.76. The van der Waals surface area contributed by atoms with Gasteiger partial charge in [0.15, 0.2) is 5.84 Å². The maximum Gasteiger partial charge on any atom is 0.236 e. The van der Waals surface area contributed by atoms with E-state index in [4.69, 9.17) is 10.9 Å². The summed E-state index contributed by atoms with van der Waals surface area (Å²) in [7, 11) is 0. The van der Waals surface area contributed by atoms with E-state index in [-0.39, 0.29) is 11.7 Å². The van der Waals surface area contributed by atoms with E-state index < -0.39 is 5.41 Å². The Kier molecular flexibility index (Phi) is 4.92. The number of amides is 1. The monoisotopic (exact) mass is 263 g/mol. The number of carbonyl (C=O) groups is 1. The van der Waals surface area contributed by atoms with Crippen LogP contribution in [0, 0.1) is 5.41 Å². The highest BCUT2D eigenvalue weighted by atomic mass is 16.4. The molecule has 5 heteroatoms. The average Bonchev–Trinajstić information content (AvgIpc) is 2.44. The Hall–Kier alpha value is -2.04. The first-order valence-electron chi connectivity index (χ1n) is 6.24. The molecule has 0 aliphatic heterocycles. The van der Waals surface area contributed by atoms with Crippen LogP contribution in [0.3, 0.4) is 0 Å². The van der Waals surface area contributed by atoms with Crippen molar-refractivity contribution in [3.63, 3.8) is 0 Å². The summed E-state index contributed by atoms with van der Waals surface area (Å²) in [5, 5.41) is 11.7. The first kappa shape index (κ1) is 15.0. The van der Waals surface area contributed by atoms with E-state index in [1.165, 1.54) is 0 Å². The smallest absolute Gasteiger partial charge is 0.236 e. The van der Waals surface area contributed by atoms with Crippen LogP contribution >= 0.6 is 0 Å². The van der Waals surface area contributed by atoms with Gasteiger partial charge in [0, 0.05) is 13.1 Å². The second-order valence-corrected chi connectivity index (χ2v) is 4.92. The van der Waals surface area contributed by atoms with Gasteiger partial charge >= 0.3 is 0 Å². The molecule has 104 valence electrons. The molecular weight excluding hydrogens is 242 g/mol. The molecular formula is C14H21N3O2. The molecule has 0 atom stereocenters. The van der Waals surface area contributed by atoms with Crippen LogP contribution in [0.1, 0.15) is 26.3 Å². The summed E-state index contributed by atoms with van der Waals surface area (Å²) in [6.07, 6.45) is 0. The lowest BCUT2D eigenvalue weighted by atomic mass is 9.90. The van der Waals surface area contributed by atoms with Gasteiger partial charge in [0.2, 0.25) is 5.91 Å². The standard InChI is InChI=1S/C14H21N3O2/c1-4-17(10-11-8-6-5-7-9-11)13(18)14(2,3)12(15)16-19/h5-9,19H,4,10H2,1-3H3,(H2,15,16). The molecule has 0 saturated heterocycles. The Morgan fingerprint density at radius 1 is 1.37 bits per heavy atom. The third-order valence-electron chi connectivity index (χ3n) is 3.17. The maximum absolute atomic E-state index is 12.5. The summed E-state index contributed by atoms with van der Waals surface area (Å²) < 4.78 is 0. The molecule has 3 N–H and O–H groups in total. The second kappa shape index (κ2) is 6.22. The molecule has 0 fully saturated rings. The SMILES string of the molecule is CCN(Cc1ccccc1)C(=O)C(C)(C)C(N)=NO. The Morgan fingerprint density at radius 2 is 1.95 bits per heavy atom. The highest BCUT2D eigenvalue weighted by Gasteiger charge is 2.35. The zero-order valence-electron chi connectivity index (χ0n) is 11.6. The van der Waals surface area contributed by atoms with Gasteiger partial charge in [-0.2, -0.15) is 0 Å². The normalized spacial score (nSPS) is 12.3. The topological polar surface area (TPSA) is 78.9 Å². The maximum atomic E-state index is 12.5. The van der Waals surface area contributed by atoms with E-state index in [9.17, 15) is 4.79 Å². The van der Waals surface area contributed by atoms with Gasteiger partial charge in [-0.05, 0) is 26.3 Å². The van der Waals surface area contributed by atoms with E-state index in [2.05, 4.69) is 5.16 Å². The van der Waals surface area contributed by atoms with Crippen molar-refractivity contribution in [3.05, 3.63) is 35.9 Å². The van der Waals surface area contributed by atoms with Crippen LogP contribution in [0.2, 0.25) is 0 Å². The number of hydrogen-bond donors (Lipinski definition) is 2. The molecule has 1 amide bonds. The molecule has 19 heavy (non-hydrogen) atoms. The molecule has 0 bridgehead atoms. The van der Waals surface area contributed by atoms with Crippen LogP contribution in [-0.2, 0) is 11.3 Å². The molecule has 0 aliphatic rings. The molecule has 0 spiro atoms. The number of carbonyl (C=O) groups excluding carboxylic acids is 1. The number of oxime groups is 1. The molecule has 5 nitrogen and oxygen atoms in total.